The Labute approximate surface area is 161 Å². The molecule has 1 amide bonds. The molecule has 146 valence electrons. The molecule has 0 radical (unpaired) electrons. The van der Waals surface area contributed by atoms with Gasteiger partial charge in [0.2, 0.25) is 0 Å². The first-order valence-corrected chi connectivity index (χ1v) is 9.87. The lowest BCUT2D eigenvalue weighted by molar-refractivity contribution is 0.0670. The van der Waals surface area contributed by atoms with Crippen LogP contribution in [0.4, 0.5) is 0 Å². The highest BCUT2D eigenvalue weighted by molar-refractivity contribution is 7.09. The molecule has 0 aromatic carbocycles. The van der Waals surface area contributed by atoms with Crippen molar-refractivity contribution >= 4 is 17.2 Å². The van der Waals surface area contributed by atoms with Crippen molar-refractivity contribution in [3.8, 4) is 0 Å². The molecule has 2 aromatic heterocycles. The summed E-state index contributed by atoms with van der Waals surface area (Å²) in [6.07, 6.45) is 3.33. The molecule has 0 unspecified atom stereocenters. The molecule has 0 atom stereocenters. The second-order valence-corrected chi connectivity index (χ2v) is 7.51. The van der Waals surface area contributed by atoms with Crippen molar-refractivity contribution in [2.45, 2.75) is 32.2 Å². The molecule has 3 heterocycles. The molecule has 0 spiro atoms. The number of nitrogens with zero attached hydrogens (tertiary/aromatic N) is 2. The van der Waals surface area contributed by atoms with Crippen LogP contribution in [0.15, 0.2) is 26.9 Å². The topological polar surface area (TPSA) is 81.9 Å². The Balaban J connectivity index is 1.85. The summed E-state index contributed by atoms with van der Waals surface area (Å²) in [6.45, 7) is 4.18. The molecule has 0 N–H and O–H groups in total. The van der Waals surface area contributed by atoms with Gasteiger partial charge in [-0.3, -0.25) is 4.79 Å². The molecule has 0 aliphatic carbocycles. The van der Waals surface area contributed by atoms with Crippen LogP contribution in [-0.4, -0.2) is 49.3 Å². The molecule has 7 nitrogen and oxygen atoms in total. The van der Waals surface area contributed by atoms with Gasteiger partial charge in [-0.2, -0.15) is 0 Å². The van der Waals surface area contributed by atoms with Gasteiger partial charge >= 0.3 is 5.63 Å². The van der Waals surface area contributed by atoms with E-state index in [4.69, 9.17) is 13.9 Å². The number of hydrogen-bond donors (Lipinski definition) is 0. The Morgan fingerprint density at radius 1 is 1.41 bits per heavy atom. The standard InChI is InChI=1S/C19H24N2O5S/c1-13-11-15(14-3-7-25-8-4-14)26-19(23)17(13)18(22)21(6-9-24-2)12-16-20-5-10-27-16/h5,10-11,14H,3-4,6-9,12H2,1-2H3. The third-order valence-electron chi connectivity index (χ3n) is 4.67. The fraction of sp³-hybridized carbons (Fsp3) is 0.526. The van der Waals surface area contributed by atoms with Crippen molar-refractivity contribution in [2.75, 3.05) is 33.5 Å². The third-order valence-corrected chi connectivity index (χ3v) is 5.43. The maximum atomic E-state index is 13.1. The molecule has 2 aromatic rings. The minimum Gasteiger partial charge on any atom is -0.427 e. The maximum absolute atomic E-state index is 13.1. The molecule has 27 heavy (non-hydrogen) atoms. The van der Waals surface area contributed by atoms with E-state index in [0.717, 1.165) is 17.8 Å². The zero-order valence-corrected chi connectivity index (χ0v) is 16.4. The van der Waals surface area contributed by atoms with Gasteiger partial charge in [0.25, 0.3) is 5.91 Å². The Kier molecular flexibility index (Phi) is 6.76. The van der Waals surface area contributed by atoms with Crippen molar-refractivity contribution in [2.24, 2.45) is 0 Å². The second-order valence-electron chi connectivity index (χ2n) is 6.53. The summed E-state index contributed by atoms with van der Waals surface area (Å²) in [5, 5.41) is 2.66. The average Bonchev–Trinajstić information content (AvgIpc) is 3.18. The number of carbonyl (C=O) groups is 1. The maximum Gasteiger partial charge on any atom is 0.349 e. The number of amides is 1. The van der Waals surface area contributed by atoms with E-state index in [1.54, 1.807) is 25.1 Å². The highest BCUT2D eigenvalue weighted by atomic mass is 32.1. The largest absolute Gasteiger partial charge is 0.427 e. The van der Waals surface area contributed by atoms with E-state index in [1.807, 2.05) is 11.4 Å². The van der Waals surface area contributed by atoms with Gasteiger partial charge in [-0.05, 0) is 31.4 Å². The first-order valence-electron chi connectivity index (χ1n) is 8.99. The highest BCUT2D eigenvalue weighted by Gasteiger charge is 2.26. The summed E-state index contributed by atoms with van der Waals surface area (Å²) < 4.78 is 16.0. The summed E-state index contributed by atoms with van der Waals surface area (Å²) in [7, 11) is 1.58. The first kappa shape index (κ1) is 19.7. The first-order chi connectivity index (χ1) is 13.1. The Hall–Kier alpha value is -2.03. The van der Waals surface area contributed by atoms with Crippen molar-refractivity contribution in [1.82, 2.24) is 9.88 Å². The third kappa shape index (κ3) is 4.82. The highest BCUT2D eigenvalue weighted by Crippen LogP contribution is 2.27. The molecule has 3 rings (SSSR count). The van der Waals surface area contributed by atoms with E-state index >= 15 is 0 Å². The van der Waals surface area contributed by atoms with E-state index in [0.29, 0.717) is 44.2 Å². The van der Waals surface area contributed by atoms with Gasteiger partial charge in [-0.25, -0.2) is 9.78 Å². The molecule has 0 saturated carbocycles. The SMILES string of the molecule is COCCN(Cc1nccs1)C(=O)c1c(C)cc(C2CCOCC2)oc1=O. The van der Waals surface area contributed by atoms with Gasteiger partial charge in [0, 0.05) is 44.4 Å². The number of aromatic nitrogens is 1. The number of aryl methyl sites for hydroxylation is 1. The number of hydrogen-bond acceptors (Lipinski definition) is 7. The number of methoxy groups -OCH3 is 1. The van der Waals surface area contributed by atoms with Crippen LogP contribution in [0.25, 0.3) is 0 Å². The van der Waals surface area contributed by atoms with Crippen LogP contribution in [0.1, 0.15) is 45.4 Å². The normalized spacial score (nSPS) is 15.0. The minimum atomic E-state index is -0.581. The average molecular weight is 392 g/mol. The summed E-state index contributed by atoms with van der Waals surface area (Å²) in [5.41, 5.74) is 0.140. The number of rotatable bonds is 7. The van der Waals surface area contributed by atoms with Crippen molar-refractivity contribution in [3.63, 3.8) is 0 Å². The Morgan fingerprint density at radius 2 is 2.19 bits per heavy atom. The van der Waals surface area contributed by atoms with Crippen LogP contribution < -0.4 is 5.63 Å². The smallest absolute Gasteiger partial charge is 0.349 e. The van der Waals surface area contributed by atoms with E-state index in [2.05, 4.69) is 4.98 Å². The lowest BCUT2D eigenvalue weighted by Gasteiger charge is -2.23. The second kappa shape index (κ2) is 9.25. The lowest BCUT2D eigenvalue weighted by atomic mass is 9.95. The fourth-order valence-corrected chi connectivity index (χ4v) is 3.81. The predicted octanol–water partition coefficient (Wildman–Crippen LogP) is 2.59. The van der Waals surface area contributed by atoms with Gasteiger partial charge in [0.05, 0.1) is 13.2 Å². The van der Waals surface area contributed by atoms with E-state index in [-0.39, 0.29) is 17.4 Å². The van der Waals surface area contributed by atoms with Crippen molar-refractivity contribution < 1.29 is 18.7 Å². The van der Waals surface area contributed by atoms with Crippen LogP contribution in [0, 0.1) is 6.92 Å². The van der Waals surface area contributed by atoms with Crippen LogP contribution in [0.2, 0.25) is 0 Å². The molecule has 1 aliphatic heterocycles. The van der Waals surface area contributed by atoms with E-state index in [9.17, 15) is 9.59 Å². The quantitative estimate of drug-likeness (QED) is 0.720. The van der Waals surface area contributed by atoms with Gasteiger partial charge in [0.15, 0.2) is 0 Å². The number of thiazole rings is 1. The number of ether oxygens (including phenoxy) is 2. The van der Waals surface area contributed by atoms with Gasteiger partial charge in [0.1, 0.15) is 16.3 Å². The fourth-order valence-electron chi connectivity index (χ4n) is 3.18. The molecule has 1 saturated heterocycles. The Bertz CT molecular complexity index is 812. The number of carbonyl (C=O) groups excluding carboxylic acids is 1. The molecule has 0 bridgehead atoms. The zero-order chi connectivity index (χ0) is 19.2. The molecule has 1 aliphatic rings. The van der Waals surface area contributed by atoms with Gasteiger partial charge in [-0.1, -0.05) is 0 Å². The van der Waals surface area contributed by atoms with E-state index in [1.165, 1.54) is 11.3 Å². The minimum absolute atomic E-state index is 0.0819. The lowest BCUT2D eigenvalue weighted by Crippen LogP contribution is -2.36. The van der Waals surface area contributed by atoms with E-state index < -0.39 is 5.63 Å². The summed E-state index contributed by atoms with van der Waals surface area (Å²) in [5.74, 6) is 0.446. The monoisotopic (exact) mass is 392 g/mol. The van der Waals surface area contributed by atoms with Crippen LogP contribution in [0.3, 0.4) is 0 Å². The molecular formula is C19H24N2O5S. The van der Waals surface area contributed by atoms with Crippen molar-refractivity contribution in [1.29, 1.82) is 0 Å². The molecular weight excluding hydrogens is 368 g/mol. The molecule has 8 heteroatoms. The van der Waals surface area contributed by atoms with Crippen LogP contribution in [-0.2, 0) is 16.0 Å². The predicted molar refractivity (Wildman–Crippen MR) is 101 cm³/mol. The van der Waals surface area contributed by atoms with Gasteiger partial charge < -0.3 is 18.8 Å². The summed E-state index contributed by atoms with van der Waals surface area (Å²) >= 11 is 1.47. The van der Waals surface area contributed by atoms with Crippen molar-refractivity contribution in [3.05, 3.63) is 50.0 Å². The summed E-state index contributed by atoms with van der Waals surface area (Å²) in [4.78, 5) is 31.5. The van der Waals surface area contributed by atoms with Crippen LogP contribution in [0.5, 0.6) is 0 Å². The van der Waals surface area contributed by atoms with Gasteiger partial charge in [-0.15, -0.1) is 11.3 Å². The molecule has 1 fully saturated rings. The zero-order valence-electron chi connectivity index (χ0n) is 15.6. The van der Waals surface area contributed by atoms with Crippen LogP contribution >= 0.6 is 11.3 Å². The summed E-state index contributed by atoms with van der Waals surface area (Å²) in [6, 6.07) is 1.82. The Morgan fingerprint density at radius 3 is 2.81 bits per heavy atom.